The van der Waals surface area contributed by atoms with Gasteiger partial charge in [-0.05, 0) is 25.1 Å². The summed E-state index contributed by atoms with van der Waals surface area (Å²) in [5.74, 6) is -2.31. The quantitative estimate of drug-likeness (QED) is 0.847. The van der Waals surface area contributed by atoms with Gasteiger partial charge in [0.15, 0.2) is 0 Å². The molecule has 1 amide bonds. The molecule has 0 saturated carbocycles. The monoisotopic (exact) mass is 352 g/mol. The van der Waals surface area contributed by atoms with Crippen molar-refractivity contribution in [1.29, 1.82) is 0 Å². The molecule has 1 aromatic carbocycles. The zero-order chi connectivity index (χ0) is 18.7. The fourth-order valence-corrected chi connectivity index (χ4v) is 2.54. The third-order valence-electron chi connectivity index (χ3n) is 3.87. The van der Waals surface area contributed by atoms with Gasteiger partial charge in [0.05, 0.1) is 0 Å². The first-order valence-electron chi connectivity index (χ1n) is 7.85. The zero-order valence-electron chi connectivity index (χ0n) is 14.2. The molecule has 2 heterocycles. The van der Waals surface area contributed by atoms with Crippen molar-refractivity contribution in [1.82, 2.24) is 10.3 Å². The number of carbonyl (C=O) groups is 3. The van der Waals surface area contributed by atoms with Crippen molar-refractivity contribution < 1.29 is 23.9 Å². The number of amides is 1. The largest absolute Gasteiger partial charge is 0.456 e. The molecule has 1 aliphatic heterocycles. The number of rotatable bonds is 4. The van der Waals surface area contributed by atoms with Gasteiger partial charge in [-0.3, -0.25) is 24.7 Å². The smallest absolute Gasteiger partial charge is 0.308 e. The molecule has 0 spiro atoms. The van der Waals surface area contributed by atoms with Crippen LogP contribution >= 0.6 is 0 Å². The Balaban J connectivity index is 1.94. The van der Waals surface area contributed by atoms with E-state index in [1.165, 1.54) is 13.1 Å². The van der Waals surface area contributed by atoms with E-state index in [0.717, 1.165) is 6.92 Å². The van der Waals surface area contributed by atoms with Crippen molar-refractivity contribution in [3.8, 4) is 0 Å². The average molecular weight is 352 g/mol. The van der Waals surface area contributed by atoms with Crippen molar-refractivity contribution in [2.75, 3.05) is 0 Å². The highest BCUT2D eigenvalue weighted by molar-refractivity contribution is 6.05. The minimum absolute atomic E-state index is 0.203. The lowest BCUT2D eigenvalue weighted by Crippen LogP contribution is -2.32. The molecule has 7 nitrogen and oxygen atoms in total. The van der Waals surface area contributed by atoms with Gasteiger partial charge in [-0.1, -0.05) is 24.3 Å². The zero-order valence-corrected chi connectivity index (χ0v) is 14.2. The molecule has 26 heavy (non-hydrogen) atoms. The summed E-state index contributed by atoms with van der Waals surface area (Å²) < 4.78 is 10.8. The molecule has 0 fully saturated rings. The van der Waals surface area contributed by atoms with Gasteiger partial charge >= 0.3 is 5.97 Å². The highest BCUT2D eigenvalue weighted by Crippen LogP contribution is 2.38. The van der Waals surface area contributed by atoms with E-state index in [-0.39, 0.29) is 11.6 Å². The van der Waals surface area contributed by atoms with Crippen LogP contribution in [0.5, 0.6) is 0 Å². The molecule has 132 valence electrons. The summed E-state index contributed by atoms with van der Waals surface area (Å²) in [6.45, 7) is 2.69. The summed E-state index contributed by atoms with van der Waals surface area (Å²) in [7, 11) is 0. The molecule has 1 aromatic heterocycles. The first kappa shape index (κ1) is 17.3. The van der Waals surface area contributed by atoms with E-state index in [2.05, 4.69) is 10.3 Å². The van der Waals surface area contributed by atoms with Gasteiger partial charge in [0.1, 0.15) is 0 Å². The van der Waals surface area contributed by atoms with Gasteiger partial charge in [0, 0.05) is 30.4 Å². The summed E-state index contributed by atoms with van der Waals surface area (Å²) in [5, 5.41) is 2.51. The third-order valence-corrected chi connectivity index (χ3v) is 3.87. The minimum Gasteiger partial charge on any atom is -0.456 e. The van der Waals surface area contributed by atoms with Crippen molar-refractivity contribution in [2.24, 2.45) is 0 Å². The van der Waals surface area contributed by atoms with E-state index < -0.39 is 23.3 Å². The Bertz CT molecular complexity index is 893. The molecule has 0 aliphatic carbocycles. The van der Waals surface area contributed by atoms with Crippen LogP contribution in [0.2, 0.25) is 0 Å². The maximum absolute atomic E-state index is 12.9. The number of hydrogen-bond donors (Lipinski definition) is 1. The van der Waals surface area contributed by atoms with Gasteiger partial charge < -0.3 is 9.47 Å². The van der Waals surface area contributed by atoms with E-state index in [9.17, 15) is 14.4 Å². The van der Waals surface area contributed by atoms with E-state index in [1.807, 2.05) is 0 Å². The van der Waals surface area contributed by atoms with Crippen molar-refractivity contribution >= 4 is 17.7 Å². The molecule has 1 N–H and O–H groups in total. The van der Waals surface area contributed by atoms with E-state index in [4.69, 9.17) is 9.47 Å². The Morgan fingerprint density at radius 1 is 1.15 bits per heavy atom. The van der Waals surface area contributed by atoms with Crippen LogP contribution in [0.25, 0.3) is 0 Å². The topological polar surface area (TPSA) is 94.6 Å². The first-order chi connectivity index (χ1) is 12.4. The van der Waals surface area contributed by atoms with Crippen LogP contribution < -0.4 is 5.32 Å². The third kappa shape index (κ3) is 3.19. The number of Topliss-reactive ketones (excluding diaryl/α,β-unsaturated/α-hetero) is 1. The predicted octanol–water partition coefficient (Wildman–Crippen LogP) is 2.06. The Morgan fingerprint density at radius 3 is 2.50 bits per heavy atom. The molecule has 3 rings (SSSR count). The summed E-state index contributed by atoms with van der Waals surface area (Å²) in [5.41, 5.74) is -0.620. The highest BCUT2D eigenvalue weighted by atomic mass is 16.6. The lowest BCUT2D eigenvalue weighted by Gasteiger charge is -2.23. The highest BCUT2D eigenvalue weighted by Gasteiger charge is 2.50. The second-order valence-electron chi connectivity index (χ2n) is 5.78. The fraction of sp³-hybridized carbons (Fsp3) is 0.158. The number of nitrogens with one attached hydrogen (secondary N) is 1. The van der Waals surface area contributed by atoms with Crippen LogP contribution in [-0.4, -0.2) is 22.6 Å². The molecule has 2 aromatic rings. The number of esters is 1. The van der Waals surface area contributed by atoms with Gasteiger partial charge in [0.2, 0.25) is 17.2 Å². The van der Waals surface area contributed by atoms with E-state index >= 15 is 0 Å². The number of hydrogen-bond acceptors (Lipinski definition) is 6. The summed E-state index contributed by atoms with van der Waals surface area (Å²) in [6.07, 6.45) is 3.04. The number of benzene rings is 1. The maximum Gasteiger partial charge on any atom is 0.308 e. The molecule has 0 bridgehead atoms. The first-order valence-corrected chi connectivity index (χ1v) is 7.85. The maximum atomic E-state index is 12.9. The molecule has 7 heteroatoms. The number of pyridine rings is 1. The van der Waals surface area contributed by atoms with Crippen molar-refractivity contribution in [3.63, 3.8) is 0 Å². The predicted molar refractivity (Wildman–Crippen MR) is 90.4 cm³/mol. The molecule has 0 saturated heterocycles. The summed E-state index contributed by atoms with van der Waals surface area (Å²) in [4.78, 5) is 40.6. The van der Waals surface area contributed by atoms with Crippen LogP contribution in [0.4, 0.5) is 0 Å². The standard InChI is InChI=1S/C19H16N2O5/c1-12(22)25-15-16(23)19(2,14-9-6-10-20-11-14)26-18(15)21-17(24)13-7-4-3-5-8-13/h3-11H,1-2H3,(H,21,24). The number of carbonyl (C=O) groups excluding carboxylic acids is 3. The Hall–Kier alpha value is -3.48. The lowest BCUT2D eigenvalue weighted by molar-refractivity contribution is -0.142. The summed E-state index contributed by atoms with van der Waals surface area (Å²) >= 11 is 0. The average Bonchev–Trinajstić information content (AvgIpc) is 2.88. The normalized spacial score (nSPS) is 19.1. The molecular formula is C19H16N2O5. The van der Waals surface area contributed by atoms with Gasteiger partial charge in [-0.2, -0.15) is 0 Å². The summed E-state index contributed by atoms with van der Waals surface area (Å²) in [6, 6.07) is 11.7. The van der Waals surface area contributed by atoms with E-state index in [0.29, 0.717) is 11.1 Å². The molecular weight excluding hydrogens is 336 g/mol. The van der Waals surface area contributed by atoms with Crippen LogP contribution in [0.15, 0.2) is 66.5 Å². The van der Waals surface area contributed by atoms with Gasteiger partial charge in [0.25, 0.3) is 11.7 Å². The van der Waals surface area contributed by atoms with Crippen LogP contribution in [0.1, 0.15) is 29.8 Å². The molecule has 1 unspecified atom stereocenters. The lowest BCUT2D eigenvalue weighted by atomic mass is 9.93. The van der Waals surface area contributed by atoms with Crippen LogP contribution in [-0.2, 0) is 24.7 Å². The van der Waals surface area contributed by atoms with E-state index in [1.54, 1.807) is 48.7 Å². The Kier molecular flexibility index (Phi) is 4.53. The molecule has 0 radical (unpaired) electrons. The van der Waals surface area contributed by atoms with Crippen LogP contribution in [0.3, 0.4) is 0 Å². The van der Waals surface area contributed by atoms with Crippen LogP contribution in [0, 0.1) is 0 Å². The van der Waals surface area contributed by atoms with Gasteiger partial charge in [-0.25, -0.2) is 0 Å². The Morgan fingerprint density at radius 2 is 1.88 bits per heavy atom. The number of ketones is 1. The second kappa shape index (κ2) is 6.79. The van der Waals surface area contributed by atoms with Crippen molar-refractivity contribution in [2.45, 2.75) is 19.4 Å². The van der Waals surface area contributed by atoms with Crippen molar-refractivity contribution in [3.05, 3.63) is 77.6 Å². The second-order valence-corrected chi connectivity index (χ2v) is 5.78. The minimum atomic E-state index is -1.46. The molecule has 1 atom stereocenters. The fourth-order valence-electron chi connectivity index (χ4n) is 2.54. The number of ether oxygens (including phenoxy) is 2. The molecule has 1 aliphatic rings. The number of aromatic nitrogens is 1. The van der Waals surface area contributed by atoms with Gasteiger partial charge in [-0.15, -0.1) is 0 Å². The SMILES string of the molecule is CC(=O)OC1=C(NC(=O)c2ccccc2)OC(C)(c2cccnc2)C1=O. The number of nitrogens with zero attached hydrogens (tertiary/aromatic N) is 1. The Labute approximate surface area is 149 Å².